The minimum atomic E-state index is 0.0356. The molecule has 0 unspecified atom stereocenters. The van der Waals surface area contributed by atoms with Gasteiger partial charge in [-0.1, -0.05) is 0 Å². The van der Waals surface area contributed by atoms with Crippen LogP contribution in [-0.4, -0.2) is 45.9 Å². The third kappa shape index (κ3) is 3.51. The summed E-state index contributed by atoms with van der Waals surface area (Å²) in [6.45, 7) is 4.76. The molecule has 3 heterocycles. The molecule has 0 aliphatic carbocycles. The number of nitrogens with one attached hydrogen (secondary N) is 2. The third-order valence-corrected chi connectivity index (χ3v) is 5.83. The summed E-state index contributed by atoms with van der Waals surface area (Å²) in [7, 11) is 1.74. The molecule has 1 fully saturated rings. The van der Waals surface area contributed by atoms with E-state index in [1.807, 2.05) is 6.07 Å². The first-order valence-corrected chi connectivity index (χ1v) is 8.71. The zero-order chi connectivity index (χ0) is 15.4. The maximum atomic E-state index is 12.5. The van der Waals surface area contributed by atoms with E-state index in [1.165, 1.54) is 10.4 Å². The number of ether oxygens (including phenoxy) is 2. The van der Waals surface area contributed by atoms with Crippen molar-refractivity contribution >= 4 is 17.2 Å². The Morgan fingerprint density at radius 3 is 3.05 bits per heavy atom. The first-order valence-electron chi connectivity index (χ1n) is 7.90. The largest absolute Gasteiger partial charge is 0.384 e. The van der Waals surface area contributed by atoms with Gasteiger partial charge in [-0.05, 0) is 37.6 Å². The molecule has 0 spiro atoms. The van der Waals surface area contributed by atoms with E-state index < -0.39 is 0 Å². The molecule has 1 amide bonds. The maximum Gasteiger partial charge on any atom is 0.261 e. The molecule has 0 radical (unpaired) electrons. The van der Waals surface area contributed by atoms with Gasteiger partial charge in [0, 0.05) is 30.4 Å². The van der Waals surface area contributed by atoms with Crippen LogP contribution in [0.1, 0.15) is 33.0 Å². The monoisotopic (exact) mass is 324 g/mol. The fourth-order valence-corrected chi connectivity index (χ4v) is 4.32. The molecular formula is C16H24N2O3S. The van der Waals surface area contributed by atoms with Crippen LogP contribution in [0.4, 0.5) is 0 Å². The van der Waals surface area contributed by atoms with Crippen LogP contribution < -0.4 is 10.6 Å². The smallest absolute Gasteiger partial charge is 0.261 e. The summed E-state index contributed by atoms with van der Waals surface area (Å²) in [5, 5.41) is 6.50. The van der Waals surface area contributed by atoms with Crippen molar-refractivity contribution in [1.29, 1.82) is 0 Å². The van der Waals surface area contributed by atoms with Crippen molar-refractivity contribution in [2.45, 2.75) is 25.9 Å². The fraction of sp³-hybridized carbons (Fsp3) is 0.688. The van der Waals surface area contributed by atoms with Crippen LogP contribution in [-0.2, 0) is 22.5 Å². The quantitative estimate of drug-likeness (QED) is 0.863. The lowest BCUT2D eigenvalue weighted by molar-refractivity contribution is 0.0512. The number of amides is 1. The van der Waals surface area contributed by atoms with Crippen molar-refractivity contribution in [3.8, 4) is 0 Å². The topological polar surface area (TPSA) is 59.6 Å². The van der Waals surface area contributed by atoms with Crippen LogP contribution in [0.3, 0.4) is 0 Å². The standard InChI is InChI=1S/C16H24N2O3S/c1-20-11-16(3-5-17-6-4-16)10-18-15(19)14-8-12-9-21-7-2-13(12)22-14/h8,17H,2-7,9-11H2,1H3,(H,18,19). The van der Waals surface area contributed by atoms with Crippen LogP contribution in [0, 0.1) is 5.41 Å². The Kier molecular flexibility index (Phi) is 5.13. The maximum absolute atomic E-state index is 12.5. The molecule has 0 bridgehead atoms. The summed E-state index contributed by atoms with van der Waals surface area (Å²) < 4.78 is 10.8. The Morgan fingerprint density at radius 2 is 2.32 bits per heavy atom. The second-order valence-electron chi connectivity index (χ2n) is 6.23. The Hall–Kier alpha value is -0.950. The number of thiophene rings is 1. The summed E-state index contributed by atoms with van der Waals surface area (Å²) in [5.41, 5.74) is 1.24. The van der Waals surface area contributed by atoms with E-state index in [0.29, 0.717) is 19.8 Å². The van der Waals surface area contributed by atoms with Crippen LogP contribution in [0.25, 0.3) is 0 Å². The van der Waals surface area contributed by atoms with Crippen molar-refractivity contribution in [3.05, 3.63) is 21.4 Å². The van der Waals surface area contributed by atoms with Crippen molar-refractivity contribution < 1.29 is 14.3 Å². The van der Waals surface area contributed by atoms with Crippen molar-refractivity contribution in [2.24, 2.45) is 5.41 Å². The van der Waals surface area contributed by atoms with E-state index in [1.54, 1.807) is 18.4 Å². The van der Waals surface area contributed by atoms with Crippen molar-refractivity contribution in [1.82, 2.24) is 10.6 Å². The minimum Gasteiger partial charge on any atom is -0.384 e. The Bertz CT molecular complexity index is 494. The van der Waals surface area contributed by atoms with Gasteiger partial charge in [0.2, 0.25) is 0 Å². The van der Waals surface area contributed by atoms with Gasteiger partial charge < -0.3 is 20.1 Å². The van der Waals surface area contributed by atoms with Gasteiger partial charge in [0.05, 0.1) is 24.7 Å². The van der Waals surface area contributed by atoms with Gasteiger partial charge in [-0.2, -0.15) is 0 Å². The van der Waals surface area contributed by atoms with Crippen LogP contribution in [0.15, 0.2) is 6.07 Å². The molecule has 6 heteroatoms. The predicted molar refractivity (Wildman–Crippen MR) is 86.4 cm³/mol. The molecule has 122 valence electrons. The van der Waals surface area contributed by atoms with Crippen LogP contribution >= 0.6 is 11.3 Å². The molecule has 2 aliphatic heterocycles. The number of carbonyl (C=O) groups excluding carboxylic acids is 1. The van der Waals surface area contributed by atoms with Crippen molar-refractivity contribution in [2.75, 3.05) is 40.0 Å². The Labute approximate surface area is 135 Å². The highest BCUT2D eigenvalue weighted by molar-refractivity contribution is 7.14. The number of hydrogen-bond donors (Lipinski definition) is 2. The summed E-state index contributed by atoms with van der Waals surface area (Å²) in [6, 6.07) is 1.99. The van der Waals surface area contributed by atoms with E-state index in [0.717, 1.165) is 43.8 Å². The fourth-order valence-electron chi connectivity index (χ4n) is 3.25. The highest BCUT2D eigenvalue weighted by Gasteiger charge is 2.32. The van der Waals surface area contributed by atoms with E-state index in [9.17, 15) is 4.79 Å². The molecule has 0 atom stereocenters. The summed E-state index contributed by atoms with van der Waals surface area (Å²) in [4.78, 5) is 14.6. The minimum absolute atomic E-state index is 0.0356. The van der Waals surface area contributed by atoms with Gasteiger partial charge in [0.1, 0.15) is 0 Å². The number of methoxy groups -OCH3 is 1. The van der Waals surface area contributed by atoms with Crippen LogP contribution in [0.2, 0.25) is 0 Å². The molecule has 2 aliphatic rings. The molecule has 5 nitrogen and oxygen atoms in total. The number of hydrogen-bond acceptors (Lipinski definition) is 5. The number of piperidine rings is 1. The second kappa shape index (κ2) is 7.08. The molecular weight excluding hydrogens is 300 g/mol. The highest BCUT2D eigenvalue weighted by Crippen LogP contribution is 2.30. The predicted octanol–water partition coefficient (Wildman–Crippen LogP) is 1.57. The Morgan fingerprint density at radius 1 is 1.50 bits per heavy atom. The van der Waals surface area contributed by atoms with Gasteiger partial charge >= 0.3 is 0 Å². The molecule has 1 aromatic heterocycles. The summed E-state index contributed by atoms with van der Waals surface area (Å²) in [6.07, 6.45) is 3.00. The zero-order valence-electron chi connectivity index (χ0n) is 13.1. The summed E-state index contributed by atoms with van der Waals surface area (Å²) >= 11 is 1.61. The first-order chi connectivity index (χ1) is 10.7. The van der Waals surface area contributed by atoms with Gasteiger partial charge in [-0.3, -0.25) is 4.79 Å². The SMILES string of the molecule is COCC1(CNC(=O)c2cc3c(s2)CCOC3)CCNCC1. The molecule has 22 heavy (non-hydrogen) atoms. The molecule has 3 rings (SSSR count). The first kappa shape index (κ1) is 15.9. The van der Waals surface area contributed by atoms with Crippen molar-refractivity contribution in [3.63, 3.8) is 0 Å². The van der Waals surface area contributed by atoms with E-state index >= 15 is 0 Å². The Balaban J connectivity index is 1.62. The number of rotatable bonds is 5. The van der Waals surface area contributed by atoms with Gasteiger partial charge in [-0.25, -0.2) is 0 Å². The number of fused-ring (bicyclic) bond motifs is 1. The molecule has 2 N–H and O–H groups in total. The highest BCUT2D eigenvalue weighted by atomic mass is 32.1. The molecule has 1 aromatic rings. The lowest BCUT2D eigenvalue weighted by atomic mass is 9.79. The third-order valence-electron chi connectivity index (χ3n) is 4.59. The van der Waals surface area contributed by atoms with E-state index in [-0.39, 0.29) is 11.3 Å². The molecule has 1 saturated heterocycles. The normalized spacial score (nSPS) is 20.4. The zero-order valence-corrected chi connectivity index (χ0v) is 13.9. The second-order valence-corrected chi connectivity index (χ2v) is 7.36. The van der Waals surface area contributed by atoms with E-state index in [4.69, 9.17) is 9.47 Å². The lowest BCUT2D eigenvalue weighted by Gasteiger charge is -2.37. The van der Waals surface area contributed by atoms with Crippen LogP contribution in [0.5, 0.6) is 0 Å². The average Bonchev–Trinajstić information content (AvgIpc) is 2.98. The van der Waals surface area contributed by atoms with E-state index in [2.05, 4.69) is 10.6 Å². The molecule has 0 aromatic carbocycles. The van der Waals surface area contributed by atoms with Gasteiger partial charge in [0.25, 0.3) is 5.91 Å². The average molecular weight is 324 g/mol. The number of carbonyl (C=O) groups is 1. The summed E-state index contributed by atoms with van der Waals surface area (Å²) in [5.74, 6) is 0.0356. The molecule has 0 saturated carbocycles. The lowest BCUT2D eigenvalue weighted by Crippen LogP contribution is -2.47. The van der Waals surface area contributed by atoms with Gasteiger partial charge in [0.15, 0.2) is 0 Å². The van der Waals surface area contributed by atoms with Gasteiger partial charge in [-0.15, -0.1) is 11.3 Å².